The SMILES string of the molecule is O=C1OC(c2ccc(O)cc2)(c2ccc(O)cc2)c2ccc([N+](=O)[O-])cc21. The normalized spacial score (nSPS) is 14.4. The number of nitrogens with zero attached hydrogens (tertiary/aromatic N) is 1. The molecule has 2 N–H and O–H groups in total. The van der Waals surface area contributed by atoms with Crippen LogP contribution in [-0.4, -0.2) is 21.1 Å². The lowest BCUT2D eigenvalue weighted by Gasteiger charge is -2.30. The van der Waals surface area contributed by atoms with Gasteiger partial charge in [-0.05, 0) is 30.3 Å². The fraction of sp³-hybridized carbons (Fsp3) is 0.0500. The van der Waals surface area contributed by atoms with Crippen LogP contribution in [0.1, 0.15) is 27.0 Å². The molecule has 0 atom stereocenters. The molecule has 27 heavy (non-hydrogen) atoms. The van der Waals surface area contributed by atoms with E-state index in [-0.39, 0.29) is 22.7 Å². The van der Waals surface area contributed by atoms with Gasteiger partial charge in [0.25, 0.3) is 5.69 Å². The van der Waals surface area contributed by atoms with Gasteiger partial charge in [-0.25, -0.2) is 4.79 Å². The predicted octanol–water partition coefficient (Wildman–Crippen LogP) is 3.47. The van der Waals surface area contributed by atoms with Crippen molar-refractivity contribution in [1.29, 1.82) is 0 Å². The number of benzene rings is 3. The molecule has 7 heteroatoms. The molecular formula is C20H13NO6. The van der Waals surface area contributed by atoms with Crippen LogP contribution >= 0.6 is 0 Å². The zero-order chi connectivity index (χ0) is 19.2. The molecule has 3 aromatic rings. The summed E-state index contributed by atoms with van der Waals surface area (Å²) < 4.78 is 5.78. The fourth-order valence-electron chi connectivity index (χ4n) is 3.36. The maximum atomic E-state index is 12.6. The summed E-state index contributed by atoms with van der Waals surface area (Å²) >= 11 is 0. The number of ether oxygens (including phenoxy) is 1. The van der Waals surface area contributed by atoms with Crippen LogP contribution in [0.4, 0.5) is 5.69 Å². The maximum absolute atomic E-state index is 12.6. The zero-order valence-electron chi connectivity index (χ0n) is 13.8. The Balaban J connectivity index is 2.01. The van der Waals surface area contributed by atoms with E-state index in [0.717, 1.165) is 0 Å². The molecule has 0 saturated heterocycles. The van der Waals surface area contributed by atoms with Crippen molar-refractivity contribution in [2.45, 2.75) is 5.60 Å². The summed E-state index contributed by atoms with van der Waals surface area (Å²) in [5.41, 5.74) is 0.125. The number of rotatable bonds is 3. The van der Waals surface area contributed by atoms with E-state index < -0.39 is 16.5 Å². The first-order valence-electron chi connectivity index (χ1n) is 8.03. The first kappa shape index (κ1) is 16.6. The van der Waals surface area contributed by atoms with E-state index in [1.165, 1.54) is 42.5 Å². The van der Waals surface area contributed by atoms with E-state index in [0.29, 0.717) is 16.7 Å². The van der Waals surface area contributed by atoms with Crippen molar-refractivity contribution in [1.82, 2.24) is 0 Å². The molecule has 0 bridgehead atoms. The van der Waals surface area contributed by atoms with Gasteiger partial charge in [-0.15, -0.1) is 0 Å². The molecule has 1 heterocycles. The highest BCUT2D eigenvalue weighted by atomic mass is 16.6. The summed E-state index contributed by atoms with van der Waals surface area (Å²) in [6.07, 6.45) is 0. The Labute approximate surface area is 153 Å². The number of aromatic hydroxyl groups is 2. The molecule has 1 aliphatic heterocycles. The number of phenols is 2. The monoisotopic (exact) mass is 363 g/mol. The molecule has 0 radical (unpaired) electrons. The highest BCUT2D eigenvalue weighted by Gasteiger charge is 2.49. The minimum absolute atomic E-state index is 0.0489. The summed E-state index contributed by atoms with van der Waals surface area (Å²) in [5.74, 6) is -0.587. The number of nitro groups is 1. The molecule has 3 aromatic carbocycles. The second kappa shape index (κ2) is 5.84. The largest absolute Gasteiger partial charge is 0.508 e. The van der Waals surface area contributed by atoms with Crippen LogP contribution in [0, 0.1) is 10.1 Å². The Kier molecular flexibility index (Phi) is 3.59. The molecular weight excluding hydrogens is 350 g/mol. The molecule has 7 nitrogen and oxygen atoms in total. The smallest absolute Gasteiger partial charge is 0.340 e. The zero-order valence-corrected chi connectivity index (χ0v) is 13.8. The summed E-state index contributed by atoms with van der Waals surface area (Å²) in [6.45, 7) is 0. The van der Waals surface area contributed by atoms with Crippen LogP contribution in [0.5, 0.6) is 11.5 Å². The molecule has 4 rings (SSSR count). The second-order valence-electron chi connectivity index (χ2n) is 6.15. The highest BCUT2D eigenvalue weighted by Crippen LogP contribution is 2.48. The minimum Gasteiger partial charge on any atom is -0.508 e. The van der Waals surface area contributed by atoms with Crippen molar-refractivity contribution in [3.05, 3.63) is 99.1 Å². The van der Waals surface area contributed by atoms with E-state index in [9.17, 15) is 25.1 Å². The van der Waals surface area contributed by atoms with Crippen molar-refractivity contribution in [2.75, 3.05) is 0 Å². The number of fused-ring (bicyclic) bond motifs is 1. The summed E-state index contributed by atoms with van der Waals surface area (Å²) in [7, 11) is 0. The number of cyclic esters (lactones) is 1. The molecule has 0 fully saturated rings. The highest BCUT2D eigenvalue weighted by molar-refractivity contribution is 5.97. The summed E-state index contributed by atoms with van der Waals surface area (Å²) in [5, 5.41) is 30.3. The van der Waals surface area contributed by atoms with Crippen LogP contribution in [0.25, 0.3) is 0 Å². The number of non-ortho nitro benzene ring substituents is 1. The van der Waals surface area contributed by atoms with Crippen molar-refractivity contribution < 1.29 is 24.7 Å². The van der Waals surface area contributed by atoms with Crippen LogP contribution in [0.2, 0.25) is 0 Å². The number of esters is 1. The van der Waals surface area contributed by atoms with Gasteiger partial charge in [-0.1, -0.05) is 24.3 Å². The average Bonchev–Trinajstić information content (AvgIpc) is 2.96. The van der Waals surface area contributed by atoms with Crippen molar-refractivity contribution in [2.24, 2.45) is 0 Å². The van der Waals surface area contributed by atoms with E-state index in [1.807, 2.05) is 0 Å². The number of nitro benzene ring substituents is 1. The Hall–Kier alpha value is -3.87. The Morgan fingerprint density at radius 2 is 1.37 bits per heavy atom. The molecule has 0 amide bonds. The van der Waals surface area contributed by atoms with Crippen LogP contribution in [-0.2, 0) is 10.3 Å². The third kappa shape index (κ3) is 2.48. The van der Waals surface area contributed by atoms with Gasteiger partial charge in [-0.2, -0.15) is 0 Å². The number of carbonyl (C=O) groups excluding carboxylic acids is 1. The van der Waals surface area contributed by atoms with Gasteiger partial charge in [0, 0.05) is 28.8 Å². The quantitative estimate of drug-likeness (QED) is 0.419. The lowest BCUT2D eigenvalue weighted by atomic mass is 9.80. The van der Waals surface area contributed by atoms with E-state index in [4.69, 9.17) is 4.74 Å². The van der Waals surface area contributed by atoms with Gasteiger partial charge in [0.2, 0.25) is 0 Å². The van der Waals surface area contributed by atoms with Gasteiger partial charge in [-0.3, -0.25) is 10.1 Å². The maximum Gasteiger partial charge on any atom is 0.340 e. The Morgan fingerprint density at radius 3 is 1.85 bits per heavy atom. The first-order chi connectivity index (χ1) is 12.9. The van der Waals surface area contributed by atoms with Gasteiger partial charge in [0.1, 0.15) is 11.5 Å². The lowest BCUT2D eigenvalue weighted by Crippen LogP contribution is -2.29. The number of hydrogen-bond donors (Lipinski definition) is 2. The molecule has 0 saturated carbocycles. The molecule has 1 aliphatic rings. The molecule has 0 spiro atoms. The Bertz CT molecular complexity index is 1010. The topological polar surface area (TPSA) is 110 Å². The predicted molar refractivity (Wildman–Crippen MR) is 94.6 cm³/mol. The molecule has 0 unspecified atom stereocenters. The van der Waals surface area contributed by atoms with E-state index >= 15 is 0 Å². The molecule has 0 aliphatic carbocycles. The summed E-state index contributed by atoms with van der Waals surface area (Å²) in [6, 6.07) is 16.3. The van der Waals surface area contributed by atoms with Crippen LogP contribution in [0.3, 0.4) is 0 Å². The van der Waals surface area contributed by atoms with Crippen molar-refractivity contribution >= 4 is 11.7 Å². The van der Waals surface area contributed by atoms with Crippen molar-refractivity contribution in [3.63, 3.8) is 0 Å². The van der Waals surface area contributed by atoms with Crippen LogP contribution < -0.4 is 0 Å². The number of carbonyl (C=O) groups is 1. The van der Waals surface area contributed by atoms with Gasteiger partial charge >= 0.3 is 5.97 Å². The second-order valence-corrected chi connectivity index (χ2v) is 6.15. The average molecular weight is 363 g/mol. The van der Waals surface area contributed by atoms with Gasteiger partial charge in [0.05, 0.1) is 10.5 Å². The number of hydrogen-bond acceptors (Lipinski definition) is 6. The molecule has 0 aromatic heterocycles. The van der Waals surface area contributed by atoms with Gasteiger partial charge < -0.3 is 14.9 Å². The third-order valence-corrected chi connectivity index (χ3v) is 4.61. The Morgan fingerprint density at radius 1 is 0.852 bits per heavy atom. The van der Waals surface area contributed by atoms with E-state index in [1.54, 1.807) is 24.3 Å². The third-order valence-electron chi connectivity index (χ3n) is 4.61. The van der Waals surface area contributed by atoms with E-state index in [2.05, 4.69) is 0 Å². The first-order valence-corrected chi connectivity index (χ1v) is 8.03. The molecule has 134 valence electrons. The summed E-state index contributed by atoms with van der Waals surface area (Å²) in [4.78, 5) is 23.1. The lowest BCUT2D eigenvalue weighted by molar-refractivity contribution is -0.384. The van der Waals surface area contributed by atoms with Crippen LogP contribution in [0.15, 0.2) is 66.7 Å². The van der Waals surface area contributed by atoms with Crippen molar-refractivity contribution in [3.8, 4) is 11.5 Å². The fourth-order valence-corrected chi connectivity index (χ4v) is 3.36. The minimum atomic E-state index is -1.34. The van der Waals surface area contributed by atoms with Gasteiger partial charge in [0.15, 0.2) is 5.60 Å². The standard InChI is InChI=1S/C20H13NO6/c22-15-6-1-12(2-7-15)20(13-3-8-16(23)9-4-13)18-10-5-14(21(25)26)11-17(18)19(24)27-20/h1-11,22-23H. The number of phenolic OH excluding ortho intramolecular Hbond substituents is 2.